The summed E-state index contributed by atoms with van der Waals surface area (Å²) in [5, 5.41) is 0. The summed E-state index contributed by atoms with van der Waals surface area (Å²) in [6, 6.07) is 16.5. The average Bonchev–Trinajstić information content (AvgIpc) is 2.67. The zero-order chi connectivity index (χ0) is 19.7. The molecule has 0 aliphatic carbocycles. The van der Waals surface area contributed by atoms with E-state index < -0.39 is 0 Å². The summed E-state index contributed by atoms with van der Waals surface area (Å²) in [5.41, 5.74) is 8.10. The fraction of sp³-hybridized carbons (Fsp3) is 0.346. The predicted molar refractivity (Wildman–Crippen MR) is 117 cm³/mol. The van der Waals surface area contributed by atoms with E-state index in [2.05, 4.69) is 81.7 Å². The third kappa shape index (κ3) is 6.86. The second-order valence-electron chi connectivity index (χ2n) is 7.69. The van der Waals surface area contributed by atoms with Crippen molar-refractivity contribution >= 4 is 11.6 Å². The second-order valence-corrected chi connectivity index (χ2v) is 7.69. The Balaban J connectivity index is 2.43. The highest BCUT2D eigenvalue weighted by atomic mass is 16.5. The Morgan fingerprint density at radius 3 is 2.37 bits per heavy atom. The van der Waals surface area contributed by atoms with Crippen LogP contribution in [-0.2, 0) is 0 Å². The van der Waals surface area contributed by atoms with Crippen LogP contribution in [0.25, 0.3) is 11.6 Å². The lowest BCUT2D eigenvalue weighted by Crippen LogP contribution is -1.99. The van der Waals surface area contributed by atoms with Crippen molar-refractivity contribution in [1.29, 1.82) is 0 Å². The molecule has 0 aliphatic rings. The molecule has 0 N–H and O–H groups in total. The largest absolute Gasteiger partial charge is 0.497 e. The van der Waals surface area contributed by atoms with Crippen molar-refractivity contribution < 1.29 is 4.74 Å². The number of rotatable bonds is 6. The Kier molecular flexibility index (Phi) is 7.54. The quantitative estimate of drug-likeness (QED) is 0.400. The molecule has 0 unspecified atom stereocenters. The topological polar surface area (TPSA) is 9.23 Å². The zero-order valence-electron chi connectivity index (χ0n) is 17.2. The number of ether oxygens (including phenoxy) is 1. The smallest absolute Gasteiger partial charge is 0.118 e. The van der Waals surface area contributed by atoms with Gasteiger partial charge in [-0.25, -0.2) is 0 Å². The van der Waals surface area contributed by atoms with Crippen LogP contribution in [0.1, 0.15) is 63.6 Å². The van der Waals surface area contributed by atoms with E-state index in [1.807, 2.05) is 18.2 Å². The van der Waals surface area contributed by atoms with E-state index in [9.17, 15) is 0 Å². The molecule has 2 rings (SSSR count). The van der Waals surface area contributed by atoms with E-state index in [0.29, 0.717) is 0 Å². The minimum atomic E-state index is -0.0119. The fourth-order valence-electron chi connectivity index (χ4n) is 2.60. The Morgan fingerprint density at radius 2 is 1.74 bits per heavy atom. The Morgan fingerprint density at radius 1 is 1.04 bits per heavy atom. The SMILES string of the molecule is CCCCC(=C=Cc1ccccc1C#CC(C)(C)C)c1ccc(OC)cc1. The van der Waals surface area contributed by atoms with Crippen LogP contribution in [0.3, 0.4) is 0 Å². The molecule has 0 atom stereocenters. The van der Waals surface area contributed by atoms with Gasteiger partial charge >= 0.3 is 0 Å². The molecule has 0 saturated heterocycles. The molecular formula is C26H30O. The highest BCUT2D eigenvalue weighted by Gasteiger charge is 2.05. The molecule has 0 heterocycles. The van der Waals surface area contributed by atoms with E-state index in [0.717, 1.165) is 36.1 Å². The molecule has 2 aromatic rings. The highest BCUT2D eigenvalue weighted by Crippen LogP contribution is 2.23. The van der Waals surface area contributed by atoms with Crippen LogP contribution in [0.5, 0.6) is 5.75 Å². The van der Waals surface area contributed by atoms with E-state index >= 15 is 0 Å². The monoisotopic (exact) mass is 358 g/mol. The maximum Gasteiger partial charge on any atom is 0.118 e. The maximum absolute atomic E-state index is 5.28. The fourth-order valence-corrected chi connectivity index (χ4v) is 2.60. The minimum absolute atomic E-state index is 0.0119. The summed E-state index contributed by atoms with van der Waals surface area (Å²) in [6.07, 6.45) is 5.39. The second kappa shape index (κ2) is 9.86. The van der Waals surface area contributed by atoms with Gasteiger partial charge < -0.3 is 4.74 Å². The van der Waals surface area contributed by atoms with Gasteiger partial charge in [0, 0.05) is 16.6 Å². The van der Waals surface area contributed by atoms with Crippen LogP contribution in [0, 0.1) is 17.3 Å². The summed E-state index contributed by atoms with van der Waals surface area (Å²) in [6.45, 7) is 8.60. The van der Waals surface area contributed by atoms with Gasteiger partial charge in [-0.05, 0) is 69.0 Å². The zero-order valence-corrected chi connectivity index (χ0v) is 17.2. The number of hydrogen-bond donors (Lipinski definition) is 0. The number of hydrogen-bond acceptors (Lipinski definition) is 1. The van der Waals surface area contributed by atoms with E-state index in [-0.39, 0.29) is 5.41 Å². The molecule has 0 spiro atoms. The average molecular weight is 359 g/mol. The molecule has 0 aromatic heterocycles. The van der Waals surface area contributed by atoms with Crippen LogP contribution < -0.4 is 4.74 Å². The molecule has 0 bridgehead atoms. The predicted octanol–water partition coefficient (Wildman–Crippen LogP) is 6.98. The normalized spacial score (nSPS) is 10.4. The van der Waals surface area contributed by atoms with Gasteiger partial charge in [-0.3, -0.25) is 0 Å². The molecule has 0 amide bonds. The lowest BCUT2D eigenvalue weighted by Gasteiger charge is -2.07. The molecule has 0 fully saturated rings. The van der Waals surface area contributed by atoms with E-state index in [4.69, 9.17) is 4.74 Å². The summed E-state index contributed by atoms with van der Waals surface area (Å²) < 4.78 is 5.28. The standard InChI is InChI=1S/C26H30O/c1-6-7-10-21(24-15-17-25(27-5)18-16-24)13-14-22-11-8-9-12-23(22)19-20-26(2,3)4/h8-9,11-12,14-18H,6-7,10H2,1-5H3. The first-order valence-electron chi connectivity index (χ1n) is 9.65. The first-order chi connectivity index (χ1) is 12.9. The van der Waals surface area contributed by atoms with Gasteiger partial charge in [0.2, 0.25) is 0 Å². The number of benzene rings is 2. The molecule has 0 saturated carbocycles. The Labute approximate surface area is 164 Å². The van der Waals surface area contributed by atoms with E-state index in [1.165, 1.54) is 11.1 Å². The lowest BCUT2D eigenvalue weighted by molar-refractivity contribution is 0.415. The molecule has 0 aliphatic heterocycles. The van der Waals surface area contributed by atoms with Gasteiger partial charge in [0.25, 0.3) is 0 Å². The lowest BCUT2D eigenvalue weighted by atomic mass is 9.96. The van der Waals surface area contributed by atoms with Gasteiger partial charge in [0.1, 0.15) is 5.75 Å². The van der Waals surface area contributed by atoms with Crippen molar-refractivity contribution in [3.63, 3.8) is 0 Å². The van der Waals surface area contributed by atoms with Gasteiger partial charge in [0.15, 0.2) is 0 Å². The molecule has 1 heteroatoms. The van der Waals surface area contributed by atoms with Crippen LogP contribution >= 0.6 is 0 Å². The van der Waals surface area contributed by atoms with Crippen molar-refractivity contribution in [2.75, 3.05) is 7.11 Å². The first-order valence-corrected chi connectivity index (χ1v) is 9.65. The van der Waals surface area contributed by atoms with Crippen LogP contribution in [0.4, 0.5) is 0 Å². The van der Waals surface area contributed by atoms with Gasteiger partial charge in [-0.15, -0.1) is 5.73 Å². The number of allylic oxidation sites excluding steroid dienone is 1. The summed E-state index contributed by atoms with van der Waals surface area (Å²) in [4.78, 5) is 0. The van der Waals surface area contributed by atoms with E-state index in [1.54, 1.807) is 7.11 Å². The minimum Gasteiger partial charge on any atom is -0.497 e. The third-order valence-corrected chi connectivity index (χ3v) is 4.15. The molecule has 27 heavy (non-hydrogen) atoms. The number of methoxy groups -OCH3 is 1. The summed E-state index contributed by atoms with van der Waals surface area (Å²) in [7, 11) is 1.69. The van der Waals surface area contributed by atoms with Crippen LogP contribution in [0.2, 0.25) is 0 Å². The molecule has 140 valence electrons. The maximum atomic E-state index is 5.28. The van der Waals surface area contributed by atoms with Gasteiger partial charge in [0.05, 0.1) is 7.11 Å². The van der Waals surface area contributed by atoms with Gasteiger partial charge in [-0.1, -0.05) is 55.5 Å². The van der Waals surface area contributed by atoms with Crippen molar-refractivity contribution in [3.8, 4) is 17.6 Å². The van der Waals surface area contributed by atoms with Crippen LogP contribution in [-0.4, -0.2) is 7.11 Å². The molecule has 1 nitrogen and oxygen atoms in total. The van der Waals surface area contributed by atoms with Crippen molar-refractivity contribution in [1.82, 2.24) is 0 Å². The van der Waals surface area contributed by atoms with Crippen molar-refractivity contribution in [3.05, 3.63) is 71.0 Å². The van der Waals surface area contributed by atoms with Gasteiger partial charge in [-0.2, -0.15) is 0 Å². The third-order valence-electron chi connectivity index (χ3n) is 4.15. The Bertz CT molecular complexity index is 861. The molecule has 2 aromatic carbocycles. The number of unbranched alkanes of at least 4 members (excludes halogenated alkanes) is 1. The first kappa shape index (κ1) is 20.6. The highest BCUT2D eigenvalue weighted by molar-refractivity contribution is 5.71. The molecule has 0 radical (unpaired) electrons. The molecular weight excluding hydrogens is 328 g/mol. The van der Waals surface area contributed by atoms with Crippen LogP contribution in [0.15, 0.2) is 54.3 Å². The summed E-state index contributed by atoms with van der Waals surface area (Å²) in [5.74, 6) is 7.53. The van der Waals surface area contributed by atoms with Crippen molar-refractivity contribution in [2.45, 2.75) is 47.0 Å². The Hall–Kier alpha value is -2.68. The van der Waals surface area contributed by atoms with Crippen molar-refractivity contribution in [2.24, 2.45) is 5.41 Å². The summed E-state index contributed by atoms with van der Waals surface area (Å²) >= 11 is 0.